The number of H-pyrrole nitrogens is 1. The van der Waals surface area contributed by atoms with Gasteiger partial charge in [-0.3, -0.25) is 14.5 Å². The smallest absolute Gasteiger partial charge is 0.261 e. The number of carbonyl (C=O) groups is 2. The molecule has 1 fully saturated rings. The molecule has 2 radical (unpaired) electrons. The molecule has 2 aromatic rings. The maximum Gasteiger partial charge on any atom is 0.261 e. The third kappa shape index (κ3) is 1.72. The fourth-order valence-electron chi connectivity index (χ4n) is 2.94. The van der Waals surface area contributed by atoms with Crippen LogP contribution in [0.4, 0.5) is 0 Å². The van der Waals surface area contributed by atoms with Gasteiger partial charge in [0.05, 0.1) is 27.0 Å². The molecule has 2 amide bonds. The Morgan fingerprint density at radius 2 is 1.95 bits per heavy atom. The normalized spacial score (nSPS) is 27.1. The second kappa shape index (κ2) is 4.14. The van der Waals surface area contributed by atoms with Crippen molar-refractivity contribution in [2.45, 2.75) is 17.5 Å². The van der Waals surface area contributed by atoms with Crippen LogP contribution in [0.3, 0.4) is 0 Å². The number of carbonyl (C=O) groups excluding carboxylic acids is 2. The first-order chi connectivity index (χ1) is 10.1. The number of nitrogens with zero attached hydrogens (tertiary/aromatic N) is 2. The van der Waals surface area contributed by atoms with Gasteiger partial charge in [0, 0.05) is 23.5 Å². The Bertz CT molecular complexity index is 708. The molecule has 3 heterocycles. The van der Waals surface area contributed by atoms with Crippen molar-refractivity contribution in [3.8, 4) is 0 Å². The Kier molecular flexibility index (Phi) is 2.47. The van der Waals surface area contributed by atoms with Crippen LogP contribution in [-0.4, -0.2) is 42.7 Å². The van der Waals surface area contributed by atoms with Crippen LogP contribution in [0.1, 0.15) is 33.3 Å². The summed E-state index contributed by atoms with van der Waals surface area (Å²) in [6, 6.07) is 7.03. The molecule has 2 aliphatic heterocycles. The van der Waals surface area contributed by atoms with Crippen molar-refractivity contribution in [2.75, 3.05) is 6.54 Å². The minimum absolute atomic E-state index is 0.0197. The van der Waals surface area contributed by atoms with E-state index in [9.17, 15) is 9.59 Å². The summed E-state index contributed by atoms with van der Waals surface area (Å²) >= 11 is 0. The Morgan fingerprint density at radius 3 is 2.52 bits per heavy atom. The van der Waals surface area contributed by atoms with Crippen molar-refractivity contribution in [3.63, 3.8) is 0 Å². The van der Waals surface area contributed by atoms with Crippen molar-refractivity contribution in [3.05, 3.63) is 53.6 Å². The molecule has 1 aromatic carbocycles. The lowest BCUT2D eigenvalue weighted by Crippen LogP contribution is -2.31. The molecule has 0 bridgehead atoms. The molecular weight excluding hydrogens is 282 g/mol. The number of aromatic amines is 1. The van der Waals surface area contributed by atoms with Gasteiger partial charge in [0.2, 0.25) is 0 Å². The van der Waals surface area contributed by atoms with Gasteiger partial charge in [-0.05, 0) is 17.7 Å². The molecule has 21 heavy (non-hydrogen) atoms. The van der Waals surface area contributed by atoms with Crippen molar-refractivity contribution in [1.29, 1.82) is 0 Å². The summed E-state index contributed by atoms with van der Waals surface area (Å²) in [6.45, 7) is 2.64. The second-order valence-electron chi connectivity index (χ2n) is 5.63. The van der Waals surface area contributed by atoms with E-state index in [1.807, 2.05) is 6.20 Å². The lowest BCUT2D eigenvalue weighted by atomic mass is 10.0. The monoisotopic (exact) mass is 295 g/mol. The van der Waals surface area contributed by atoms with Crippen LogP contribution in [0.15, 0.2) is 36.8 Å². The Balaban J connectivity index is 1.56. The summed E-state index contributed by atoms with van der Waals surface area (Å²) < 4.78 is 0. The minimum Gasteiger partial charge on any atom is -0.348 e. The van der Waals surface area contributed by atoms with Crippen molar-refractivity contribution >= 4 is 21.3 Å². The highest BCUT2D eigenvalue weighted by molar-refractivity contribution is 6.57. The summed E-state index contributed by atoms with van der Waals surface area (Å²) in [5, 5.41) is 0.0197. The van der Waals surface area contributed by atoms with E-state index in [4.69, 9.17) is 0 Å². The van der Waals surface area contributed by atoms with Gasteiger partial charge in [-0.15, -0.1) is 0 Å². The number of rotatable bonds is 3. The highest BCUT2D eigenvalue weighted by Gasteiger charge is 2.55. The van der Waals surface area contributed by atoms with Gasteiger partial charge in [0.1, 0.15) is 0 Å². The van der Waals surface area contributed by atoms with E-state index in [0.717, 1.165) is 5.69 Å². The molecule has 5 nitrogen and oxygen atoms in total. The number of imide groups is 1. The van der Waals surface area contributed by atoms with Crippen LogP contribution in [0.5, 0.6) is 0 Å². The number of nitrogens with one attached hydrogen (secondary N) is 1. The van der Waals surface area contributed by atoms with Gasteiger partial charge in [-0.25, -0.2) is 4.98 Å². The summed E-state index contributed by atoms with van der Waals surface area (Å²) in [5.74, 6) is -0.335. The summed E-state index contributed by atoms with van der Waals surface area (Å²) in [5.41, 5.74) is 2.45. The van der Waals surface area contributed by atoms with Gasteiger partial charge < -0.3 is 4.98 Å². The summed E-state index contributed by atoms with van der Waals surface area (Å²) in [7, 11) is 0.698. The Hall–Kier alpha value is -2.21. The zero-order valence-corrected chi connectivity index (χ0v) is 12.5. The molecule has 104 valence electrons. The standard InChI is InChI=1S/C15H13N3O2Si/c1-15(11-6-16-8-17-11)12(21-15)7-18-13(19)9-4-2-3-5-10(9)14(18)20/h2-6,8,12H,7H2,1H3,(H,16,17)/t12?,15-/m1/s1. The molecule has 1 unspecified atom stereocenters. The summed E-state index contributed by atoms with van der Waals surface area (Å²) in [6.07, 6.45) is 3.50. The van der Waals surface area contributed by atoms with E-state index < -0.39 is 0 Å². The number of imidazole rings is 1. The molecule has 1 N–H and O–H groups in total. The van der Waals surface area contributed by atoms with E-state index in [0.29, 0.717) is 32.7 Å². The van der Waals surface area contributed by atoms with Gasteiger partial charge in [0.25, 0.3) is 11.8 Å². The highest BCUT2D eigenvalue weighted by atomic mass is 28.2. The molecule has 0 saturated carbocycles. The molecule has 4 rings (SSSR count). The average molecular weight is 295 g/mol. The maximum absolute atomic E-state index is 12.4. The van der Waals surface area contributed by atoms with Gasteiger partial charge in [-0.2, -0.15) is 0 Å². The van der Waals surface area contributed by atoms with E-state index in [1.54, 1.807) is 30.6 Å². The van der Waals surface area contributed by atoms with Gasteiger partial charge in [0.15, 0.2) is 0 Å². The first-order valence-corrected chi connectivity index (χ1v) is 7.91. The SMILES string of the molecule is C[C@]1(c2cnc[nH]2)[Si]C1CN1C(=O)c2ccccc2C1=O. The van der Waals surface area contributed by atoms with Crippen LogP contribution < -0.4 is 0 Å². The number of aromatic nitrogens is 2. The fraction of sp³-hybridized carbons (Fsp3) is 0.267. The molecule has 6 heteroatoms. The van der Waals surface area contributed by atoms with Crippen molar-refractivity contribution in [1.82, 2.24) is 14.9 Å². The molecule has 0 aliphatic carbocycles. The van der Waals surface area contributed by atoms with Crippen LogP contribution in [0.25, 0.3) is 0 Å². The quantitative estimate of drug-likeness (QED) is 0.688. The minimum atomic E-state index is -0.167. The van der Waals surface area contributed by atoms with E-state index >= 15 is 0 Å². The van der Waals surface area contributed by atoms with Crippen molar-refractivity contribution in [2.24, 2.45) is 0 Å². The largest absolute Gasteiger partial charge is 0.348 e. The zero-order chi connectivity index (χ0) is 14.6. The zero-order valence-electron chi connectivity index (χ0n) is 11.5. The lowest BCUT2D eigenvalue weighted by molar-refractivity contribution is 0.0654. The maximum atomic E-state index is 12.4. The van der Waals surface area contributed by atoms with Gasteiger partial charge in [-0.1, -0.05) is 19.1 Å². The van der Waals surface area contributed by atoms with Crippen LogP contribution >= 0.6 is 0 Å². The predicted octanol–water partition coefficient (Wildman–Crippen LogP) is 1.43. The number of hydrogen-bond acceptors (Lipinski definition) is 3. The molecule has 0 spiro atoms. The van der Waals surface area contributed by atoms with E-state index in [1.165, 1.54) is 4.90 Å². The Labute approximate surface area is 124 Å². The lowest BCUT2D eigenvalue weighted by Gasteiger charge is -2.16. The fourth-order valence-corrected chi connectivity index (χ4v) is 4.39. The van der Waals surface area contributed by atoms with Crippen LogP contribution in [0.2, 0.25) is 5.54 Å². The molecule has 2 aliphatic rings. The molecule has 2 atom stereocenters. The van der Waals surface area contributed by atoms with E-state index in [-0.39, 0.29) is 16.9 Å². The highest BCUT2D eigenvalue weighted by Crippen LogP contribution is 2.50. The molecule has 1 aromatic heterocycles. The van der Waals surface area contributed by atoms with Crippen LogP contribution in [-0.2, 0) is 5.04 Å². The number of benzene rings is 1. The summed E-state index contributed by atoms with van der Waals surface area (Å²) in [4.78, 5) is 33.3. The first-order valence-electron chi connectivity index (χ1n) is 6.83. The third-order valence-electron chi connectivity index (χ3n) is 4.39. The average Bonchev–Trinajstić information content (AvgIpc) is 2.88. The van der Waals surface area contributed by atoms with Gasteiger partial charge >= 0.3 is 0 Å². The predicted molar refractivity (Wildman–Crippen MR) is 77.3 cm³/mol. The van der Waals surface area contributed by atoms with Crippen LogP contribution in [0, 0.1) is 0 Å². The topological polar surface area (TPSA) is 66.1 Å². The Morgan fingerprint density at radius 1 is 1.29 bits per heavy atom. The number of amides is 2. The second-order valence-corrected chi connectivity index (χ2v) is 7.66. The number of fused-ring (bicyclic) bond motifs is 1. The molecule has 1 saturated heterocycles. The third-order valence-corrected chi connectivity index (χ3v) is 6.40. The first kappa shape index (κ1) is 12.5. The number of hydrogen-bond donors (Lipinski definition) is 1. The molecular formula is C15H13N3O2Si. The van der Waals surface area contributed by atoms with Crippen molar-refractivity contribution < 1.29 is 9.59 Å². The van der Waals surface area contributed by atoms with E-state index in [2.05, 4.69) is 16.9 Å².